The third kappa shape index (κ3) is 5.74. The summed E-state index contributed by atoms with van der Waals surface area (Å²) in [6.07, 6.45) is 3.34. The van der Waals surface area contributed by atoms with Crippen LogP contribution in [0.2, 0.25) is 0 Å². The minimum Gasteiger partial charge on any atom is -0.496 e. The SMILES string of the molecule is CCCC[C@@](C)(OCCC)C(=O)Nc1ccc(OC)c(C(=O)OC)c1. The fourth-order valence-electron chi connectivity index (χ4n) is 2.41. The molecule has 0 aliphatic heterocycles. The number of hydrogen-bond acceptors (Lipinski definition) is 5. The van der Waals surface area contributed by atoms with Gasteiger partial charge >= 0.3 is 5.97 Å². The monoisotopic (exact) mass is 351 g/mol. The Kier molecular flexibility index (Phi) is 8.41. The van der Waals surface area contributed by atoms with Gasteiger partial charge in [0.25, 0.3) is 5.91 Å². The van der Waals surface area contributed by atoms with Gasteiger partial charge in [-0.15, -0.1) is 0 Å². The van der Waals surface area contributed by atoms with Crippen LogP contribution in [0.4, 0.5) is 5.69 Å². The van der Waals surface area contributed by atoms with Crippen LogP contribution in [0.15, 0.2) is 18.2 Å². The van der Waals surface area contributed by atoms with Crippen LogP contribution in [0.3, 0.4) is 0 Å². The number of nitrogens with one attached hydrogen (secondary N) is 1. The summed E-state index contributed by atoms with van der Waals surface area (Å²) < 4.78 is 15.7. The summed E-state index contributed by atoms with van der Waals surface area (Å²) >= 11 is 0. The van der Waals surface area contributed by atoms with Gasteiger partial charge in [-0.05, 0) is 38.0 Å². The molecule has 0 heterocycles. The van der Waals surface area contributed by atoms with Crippen LogP contribution in [-0.4, -0.2) is 38.3 Å². The number of rotatable bonds is 10. The first-order valence-electron chi connectivity index (χ1n) is 8.63. The van der Waals surface area contributed by atoms with E-state index in [4.69, 9.17) is 14.2 Å². The molecular formula is C19H29NO5. The number of unbranched alkanes of at least 4 members (excludes halogenated alkanes) is 1. The van der Waals surface area contributed by atoms with E-state index in [1.165, 1.54) is 14.2 Å². The highest BCUT2D eigenvalue weighted by Gasteiger charge is 2.33. The second kappa shape index (κ2) is 10.0. The van der Waals surface area contributed by atoms with E-state index in [0.717, 1.165) is 19.3 Å². The van der Waals surface area contributed by atoms with E-state index >= 15 is 0 Å². The fourth-order valence-corrected chi connectivity index (χ4v) is 2.41. The first kappa shape index (κ1) is 21.0. The molecule has 0 saturated carbocycles. The number of ether oxygens (including phenoxy) is 3. The van der Waals surface area contributed by atoms with Gasteiger partial charge in [0.2, 0.25) is 0 Å². The van der Waals surface area contributed by atoms with Crippen molar-refractivity contribution in [2.75, 3.05) is 26.1 Å². The quantitative estimate of drug-likeness (QED) is 0.649. The van der Waals surface area contributed by atoms with Gasteiger partial charge in [-0.25, -0.2) is 4.79 Å². The van der Waals surface area contributed by atoms with Crippen molar-refractivity contribution in [2.45, 2.75) is 52.1 Å². The van der Waals surface area contributed by atoms with Crippen LogP contribution < -0.4 is 10.1 Å². The number of hydrogen-bond donors (Lipinski definition) is 1. The molecule has 0 bridgehead atoms. The Labute approximate surface area is 149 Å². The summed E-state index contributed by atoms with van der Waals surface area (Å²) in [6.45, 7) is 6.40. The molecule has 25 heavy (non-hydrogen) atoms. The van der Waals surface area contributed by atoms with Crippen LogP contribution in [-0.2, 0) is 14.3 Å². The van der Waals surface area contributed by atoms with Crippen LogP contribution >= 0.6 is 0 Å². The molecule has 0 spiro atoms. The van der Waals surface area contributed by atoms with Gasteiger partial charge in [0, 0.05) is 12.3 Å². The standard InChI is InChI=1S/C19H29NO5/c1-6-8-11-19(3,25-12-7-2)18(22)20-14-9-10-16(23-4)15(13-14)17(21)24-5/h9-10,13H,6-8,11-12H2,1-5H3,(H,20,22)/t19-/m1/s1. The minimum atomic E-state index is -0.905. The number of carbonyl (C=O) groups excluding carboxylic acids is 2. The highest BCUT2D eigenvalue weighted by Crippen LogP contribution is 2.26. The minimum absolute atomic E-state index is 0.226. The number of anilines is 1. The van der Waals surface area contributed by atoms with Gasteiger partial charge in [0.15, 0.2) is 0 Å². The number of benzene rings is 1. The Morgan fingerprint density at radius 3 is 2.44 bits per heavy atom. The lowest BCUT2D eigenvalue weighted by atomic mass is 9.97. The number of methoxy groups -OCH3 is 2. The van der Waals surface area contributed by atoms with Gasteiger partial charge in [0.05, 0.1) is 14.2 Å². The summed E-state index contributed by atoms with van der Waals surface area (Å²) in [6, 6.07) is 4.85. The molecule has 0 saturated heterocycles. The maximum Gasteiger partial charge on any atom is 0.341 e. The number of amides is 1. The summed E-state index contributed by atoms with van der Waals surface area (Å²) in [5.74, 6) is -0.361. The molecule has 0 unspecified atom stereocenters. The zero-order chi connectivity index (χ0) is 18.9. The molecular weight excluding hydrogens is 322 g/mol. The van der Waals surface area contributed by atoms with Crippen molar-refractivity contribution >= 4 is 17.6 Å². The number of esters is 1. The van der Waals surface area contributed by atoms with Gasteiger partial charge < -0.3 is 19.5 Å². The van der Waals surface area contributed by atoms with Crippen LogP contribution in [0.1, 0.15) is 56.8 Å². The Morgan fingerprint density at radius 2 is 1.88 bits per heavy atom. The average Bonchev–Trinajstić information content (AvgIpc) is 2.63. The van der Waals surface area contributed by atoms with Gasteiger partial charge in [-0.3, -0.25) is 4.79 Å². The number of carbonyl (C=O) groups is 2. The van der Waals surface area contributed by atoms with Crippen LogP contribution in [0, 0.1) is 0 Å². The van der Waals surface area contributed by atoms with E-state index in [9.17, 15) is 9.59 Å². The molecule has 140 valence electrons. The van der Waals surface area contributed by atoms with E-state index < -0.39 is 11.6 Å². The lowest BCUT2D eigenvalue weighted by molar-refractivity contribution is -0.140. The Balaban J connectivity index is 3.01. The highest BCUT2D eigenvalue weighted by atomic mass is 16.5. The molecule has 1 aromatic carbocycles. The molecule has 0 radical (unpaired) electrons. The lowest BCUT2D eigenvalue weighted by Gasteiger charge is -2.28. The maximum absolute atomic E-state index is 12.8. The maximum atomic E-state index is 12.8. The van der Waals surface area contributed by atoms with E-state index in [1.807, 2.05) is 6.92 Å². The molecule has 1 rings (SSSR count). The average molecular weight is 351 g/mol. The highest BCUT2D eigenvalue weighted by molar-refractivity contribution is 5.99. The molecule has 0 aromatic heterocycles. The van der Waals surface area contributed by atoms with Crippen molar-refractivity contribution in [1.29, 1.82) is 0 Å². The molecule has 0 fully saturated rings. The second-order valence-corrected chi connectivity index (χ2v) is 6.04. The predicted octanol–water partition coefficient (Wildman–Crippen LogP) is 3.80. The smallest absolute Gasteiger partial charge is 0.341 e. The Hall–Kier alpha value is -2.08. The van der Waals surface area contributed by atoms with Crippen molar-refractivity contribution in [1.82, 2.24) is 0 Å². The first-order valence-corrected chi connectivity index (χ1v) is 8.63. The predicted molar refractivity (Wildman–Crippen MR) is 97.1 cm³/mol. The fraction of sp³-hybridized carbons (Fsp3) is 0.579. The van der Waals surface area contributed by atoms with Crippen molar-refractivity contribution < 1.29 is 23.8 Å². The largest absolute Gasteiger partial charge is 0.496 e. The second-order valence-electron chi connectivity index (χ2n) is 6.04. The van der Waals surface area contributed by atoms with E-state index in [2.05, 4.69) is 12.2 Å². The van der Waals surface area contributed by atoms with Crippen molar-refractivity contribution in [2.24, 2.45) is 0 Å². The topological polar surface area (TPSA) is 73.9 Å². The molecule has 6 heteroatoms. The van der Waals surface area contributed by atoms with E-state index in [-0.39, 0.29) is 11.5 Å². The van der Waals surface area contributed by atoms with Crippen molar-refractivity contribution in [3.05, 3.63) is 23.8 Å². The summed E-state index contributed by atoms with van der Waals surface area (Å²) in [5.41, 5.74) is -0.154. The summed E-state index contributed by atoms with van der Waals surface area (Å²) in [4.78, 5) is 24.6. The molecule has 6 nitrogen and oxygen atoms in total. The van der Waals surface area contributed by atoms with Crippen molar-refractivity contribution in [3.63, 3.8) is 0 Å². The Morgan fingerprint density at radius 1 is 1.16 bits per heavy atom. The Bertz CT molecular complexity index is 577. The van der Waals surface area contributed by atoms with Gasteiger partial charge in [0.1, 0.15) is 16.9 Å². The van der Waals surface area contributed by atoms with Crippen LogP contribution in [0.25, 0.3) is 0 Å². The molecule has 0 aliphatic rings. The van der Waals surface area contributed by atoms with Gasteiger partial charge in [-0.2, -0.15) is 0 Å². The lowest BCUT2D eigenvalue weighted by Crippen LogP contribution is -2.43. The van der Waals surface area contributed by atoms with E-state index in [1.54, 1.807) is 25.1 Å². The molecule has 1 amide bonds. The normalized spacial score (nSPS) is 13.0. The van der Waals surface area contributed by atoms with E-state index in [0.29, 0.717) is 24.5 Å². The third-order valence-electron chi connectivity index (χ3n) is 3.98. The third-order valence-corrected chi connectivity index (χ3v) is 3.98. The summed E-state index contributed by atoms with van der Waals surface area (Å²) in [5, 5.41) is 2.84. The van der Waals surface area contributed by atoms with Crippen molar-refractivity contribution in [3.8, 4) is 5.75 Å². The van der Waals surface area contributed by atoms with Gasteiger partial charge in [-0.1, -0.05) is 26.7 Å². The van der Waals surface area contributed by atoms with Crippen LogP contribution in [0.5, 0.6) is 5.75 Å². The zero-order valence-corrected chi connectivity index (χ0v) is 15.8. The molecule has 1 aromatic rings. The zero-order valence-electron chi connectivity index (χ0n) is 15.8. The first-order chi connectivity index (χ1) is 11.9. The molecule has 1 N–H and O–H groups in total. The molecule has 1 atom stereocenters. The summed E-state index contributed by atoms with van der Waals surface area (Å²) in [7, 11) is 2.77. The molecule has 0 aliphatic carbocycles.